The van der Waals surface area contributed by atoms with Gasteiger partial charge in [0, 0.05) is 54.5 Å². The number of likely N-dealkylation sites (tertiary alicyclic amines) is 2. The van der Waals surface area contributed by atoms with Gasteiger partial charge in [-0.05, 0) is 94.1 Å². The third-order valence-corrected chi connectivity index (χ3v) is 14.9. The van der Waals surface area contributed by atoms with E-state index in [0.29, 0.717) is 37.2 Å². The number of hydrogen-bond acceptors (Lipinski definition) is 12. The van der Waals surface area contributed by atoms with Crippen molar-refractivity contribution in [3.05, 3.63) is 52.1 Å². The zero-order valence-corrected chi connectivity index (χ0v) is 44.9. The lowest BCUT2D eigenvalue weighted by atomic mass is 9.95. The van der Waals surface area contributed by atoms with Crippen LogP contribution in [0, 0.1) is 24.7 Å². The van der Waals surface area contributed by atoms with Gasteiger partial charge in [-0.25, -0.2) is 4.98 Å². The maximum atomic E-state index is 14.7. The quantitative estimate of drug-likeness (QED) is 0.0540. The number of benzene rings is 1. The van der Waals surface area contributed by atoms with Crippen LogP contribution >= 0.6 is 11.3 Å². The molecule has 21 nitrogen and oxygen atoms in total. The molecule has 0 unspecified atom stereocenters. The highest BCUT2D eigenvalue weighted by Gasteiger charge is 2.43. The zero-order valence-electron chi connectivity index (χ0n) is 44.1. The molecule has 3 fully saturated rings. The first-order valence-electron chi connectivity index (χ1n) is 26.4. The smallest absolute Gasteiger partial charge is 0.287 e. The van der Waals surface area contributed by atoms with E-state index in [-0.39, 0.29) is 68.6 Å². The van der Waals surface area contributed by atoms with Gasteiger partial charge < -0.3 is 52.4 Å². The Kier molecular flexibility index (Phi) is 20.1. The second-order valence-electron chi connectivity index (χ2n) is 21.1. The summed E-state index contributed by atoms with van der Waals surface area (Å²) in [7, 11) is 0. The second kappa shape index (κ2) is 26.2. The number of primary amides is 1. The molecule has 8 atom stereocenters. The lowest BCUT2D eigenvalue weighted by Crippen LogP contribution is -2.61. The number of Topliss-reactive ketones (excluding diaryl/α,β-unsaturated/α-hetero) is 1. The third kappa shape index (κ3) is 15.4. The Hall–Kier alpha value is -6.71. The van der Waals surface area contributed by atoms with E-state index < -0.39 is 107 Å². The number of amides is 9. The van der Waals surface area contributed by atoms with Crippen molar-refractivity contribution in [2.75, 3.05) is 13.1 Å². The van der Waals surface area contributed by atoms with Crippen molar-refractivity contribution < 1.29 is 47.9 Å². The van der Waals surface area contributed by atoms with Crippen LogP contribution in [0.4, 0.5) is 0 Å². The summed E-state index contributed by atoms with van der Waals surface area (Å²) in [5, 5.41) is 19.7. The minimum Gasteiger partial charge on any atom is -0.368 e. The molecule has 2 saturated heterocycles. The molecular weight excluding hydrogens is 983 g/mol. The van der Waals surface area contributed by atoms with Crippen molar-refractivity contribution in [2.24, 2.45) is 23.5 Å². The van der Waals surface area contributed by atoms with E-state index in [0.717, 1.165) is 29.3 Å². The molecule has 2 aliphatic heterocycles. The molecule has 6 rings (SSSR count). The number of carbonyl (C=O) groups excluding carboxylic acids is 10. The fourth-order valence-electron chi connectivity index (χ4n) is 9.75. The van der Waals surface area contributed by atoms with Crippen molar-refractivity contribution >= 4 is 81.2 Å². The van der Waals surface area contributed by atoms with Crippen LogP contribution in [0.2, 0.25) is 0 Å². The molecule has 1 saturated carbocycles. The number of fused-ring (bicyclic) bond motifs is 1. The van der Waals surface area contributed by atoms with E-state index in [2.05, 4.69) is 41.9 Å². The van der Waals surface area contributed by atoms with E-state index in [1.54, 1.807) is 20.0 Å². The van der Waals surface area contributed by atoms with Gasteiger partial charge in [0.2, 0.25) is 47.1 Å². The van der Waals surface area contributed by atoms with Crippen molar-refractivity contribution in [2.45, 2.75) is 174 Å². The predicted octanol–water partition coefficient (Wildman–Crippen LogP) is 2.45. The van der Waals surface area contributed by atoms with Crippen LogP contribution in [-0.4, -0.2) is 140 Å². The average Bonchev–Trinajstić information content (AvgIpc) is 3.81. The summed E-state index contributed by atoms with van der Waals surface area (Å²) in [6.07, 6.45) is 5.26. The number of aryl methyl sites for hydroxylation is 1. The normalized spacial score (nSPS) is 18.9. The van der Waals surface area contributed by atoms with Crippen LogP contribution in [0.15, 0.2) is 35.8 Å². The Morgan fingerprint density at radius 1 is 0.747 bits per heavy atom. The number of nitrogens with one attached hydrogen (secondary N) is 7. The molecule has 0 radical (unpaired) electrons. The van der Waals surface area contributed by atoms with Crippen LogP contribution < -0.4 is 37.6 Å². The fourth-order valence-corrected chi connectivity index (χ4v) is 10.3. The SMILES string of the molecule is CC[C@H](C)[C@@H](NC(=O)[C@H](CC(C)C)NC(=O)[C@H](CCC(=O)C(=O)NC1CC1)NC(=O)c1csc(C)n1)C(=O)N[C@@H](CC(C)C)C(=O)N1CCC[C@H]1C(=O)N[C@@H](Cc1c[nH]c2ccccc12)C(=O)N1CCC[C@H]1C(N)=O. The molecule has 0 spiro atoms. The number of nitrogens with two attached hydrogens (primary N) is 1. The number of carbonyl (C=O) groups is 10. The molecule has 4 heterocycles. The largest absolute Gasteiger partial charge is 0.368 e. The van der Waals surface area contributed by atoms with Crippen LogP contribution in [0.5, 0.6) is 0 Å². The molecule has 408 valence electrons. The summed E-state index contributed by atoms with van der Waals surface area (Å²) in [4.78, 5) is 148. The Labute approximate surface area is 441 Å². The van der Waals surface area contributed by atoms with Gasteiger partial charge in [0.25, 0.3) is 11.8 Å². The van der Waals surface area contributed by atoms with Gasteiger partial charge >= 0.3 is 0 Å². The van der Waals surface area contributed by atoms with Crippen molar-refractivity contribution in [3.8, 4) is 0 Å². The molecule has 75 heavy (non-hydrogen) atoms. The minimum absolute atomic E-state index is 0.0566. The maximum Gasteiger partial charge on any atom is 0.287 e. The fraction of sp³-hybridized carbons (Fsp3) is 0.604. The molecule has 2 aromatic heterocycles. The summed E-state index contributed by atoms with van der Waals surface area (Å²) >= 11 is 1.23. The van der Waals surface area contributed by atoms with Crippen molar-refractivity contribution in [1.82, 2.24) is 51.7 Å². The van der Waals surface area contributed by atoms with Gasteiger partial charge in [-0.1, -0.05) is 66.2 Å². The number of rotatable bonds is 26. The molecule has 9 amide bonds. The lowest BCUT2D eigenvalue weighted by Gasteiger charge is -2.33. The Balaban J connectivity index is 1.17. The van der Waals surface area contributed by atoms with E-state index in [1.807, 2.05) is 58.9 Å². The van der Waals surface area contributed by atoms with Gasteiger partial charge in [-0.2, -0.15) is 0 Å². The molecule has 9 N–H and O–H groups in total. The second-order valence-corrected chi connectivity index (χ2v) is 22.2. The Morgan fingerprint density at radius 2 is 1.36 bits per heavy atom. The van der Waals surface area contributed by atoms with Crippen molar-refractivity contribution in [1.29, 1.82) is 0 Å². The summed E-state index contributed by atoms with van der Waals surface area (Å²) in [6.45, 7) is 13.3. The first kappa shape index (κ1) is 57.6. The Morgan fingerprint density at radius 3 is 1.99 bits per heavy atom. The summed E-state index contributed by atoms with van der Waals surface area (Å²) in [6, 6.07) is -0.297. The number of ketones is 1. The molecule has 22 heteroatoms. The van der Waals surface area contributed by atoms with Gasteiger partial charge in [0.15, 0.2) is 0 Å². The van der Waals surface area contributed by atoms with Crippen LogP contribution in [0.1, 0.15) is 133 Å². The van der Waals surface area contributed by atoms with Crippen molar-refractivity contribution in [3.63, 3.8) is 0 Å². The zero-order chi connectivity index (χ0) is 54.7. The number of para-hydroxylation sites is 1. The topological polar surface area (TPSA) is 304 Å². The number of aromatic nitrogens is 2. The van der Waals surface area contributed by atoms with Gasteiger partial charge in [-0.15, -0.1) is 11.3 Å². The average molecular weight is 1060 g/mol. The van der Waals surface area contributed by atoms with Crippen LogP contribution in [-0.2, 0) is 49.6 Å². The molecule has 3 aliphatic rings. The van der Waals surface area contributed by atoms with Gasteiger partial charge in [-0.3, -0.25) is 47.9 Å². The van der Waals surface area contributed by atoms with Gasteiger partial charge in [0.05, 0.1) is 5.01 Å². The highest BCUT2D eigenvalue weighted by Crippen LogP contribution is 2.26. The van der Waals surface area contributed by atoms with Crippen LogP contribution in [0.25, 0.3) is 10.9 Å². The van der Waals surface area contributed by atoms with E-state index >= 15 is 0 Å². The number of hydrogen-bond donors (Lipinski definition) is 8. The first-order chi connectivity index (χ1) is 35.6. The maximum absolute atomic E-state index is 14.7. The third-order valence-electron chi connectivity index (χ3n) is 14.2. The number of H-pyrrole nitrogens is 1. The van der Waals surface area contributed by atoms with Crippen LogP contribution in [0.3, 0.4) is 0 Å². The summed E-state index contributed by atoms with van der Waals surface area (Å²) in [5.74, 6) is -7.25. The number of thiazole rings is 1. The summed E-state index contributed by atoms with van der Waals surface area (Å²) < 4.78 is 0. The molecule has 3 aromatic rings. The van der Waals surface area contributed by atoms with E-state index in [1.165, 1.54) is 26.5 Å². The minimum atomic E-state index is -1.35. The van der Waals surface area contributed by atoms with E-state index in [9.17, 15) is 47.9 Å². The standard InChI is InChI=1S/C53H75N11O10S/c1-8-30(6)44(62-47(68)37(23-28(2)3)59-46(67)36(58-48(69)40-27-75-31(7)56-40)19-20-43(65)50(71)57-33-17-18-33)51(72)61-38(24-29(4)5)52(73)64-22-12-16-42(64)49(70)60-39(53(74)63-21-11-15-41(63)45(54)66)25-32-26-55-35-14-10-9-13-34(32)35/h9-10,13-14,26-30,33,36-39,41-42,44,55H,8,11-12,15-25H2,1-7H3,(H2,54,66)(H,57,71)(H,58,69)(H,59,67)(H,60,70)(H,61,72)(H,62,68)/t30-,36-,37-,38-,39-,41-,42-,44+/m0/s1. The first-order valence-corrected chi connectivity index (χ1v) is 27.3. The monoisotopic (exact) mass is 1060 g/mol. The molecule has 0 bridgehead atoms. The molecular formula is C53H75N11O10S. The number of nitrogens with zero attached hydrogens (tertiary/aromatic N) is 3. The van der Waals surface area contributed by atoms with E-state index in [4.69, 9.17) is 5.73 Å². The molecule has 1 aliphatic carbocycles. The highest BCUT2D eigenvalue weighted by molar-refractivity contribution is 7.09. The highest BCUT2D eigenvalue weighted by atomic mass is 32.1. The number of aromatic amines is 1. The van der Waals surface area contributed by atoms with Gasteiger partial charge in [0.1, 0.15) is 48.0 Å². The predicted molar refractivity (Wildman–Crippen MR) is 280 cm³/mol. The molecule has 1 aromatic carbocycles. The summed E-state index contributed by atoms with van der Waals surface area (Å²) in [5.41, 5.74) is 7.38. The lowest BCUT2D eigenvalue weighted by molar-refractivity contribution is -0.144. The Bertz CT molecular complexity index is 2590.